The lowest BCUT2D eigenvalue weighted by Crippen LogP contribution is -2.43. The van der Waals surface area contributed by atoms with Gasteiger partial charge in [-0.15, -0.1) is 0 Å². The van der Waals surface area contributed by atoms with Gasteiger partial charge in [-0.05, 0) is 31.4 Å². The van der Waals surface area contributed by atoms with Gasteiger partial charge in [-0.3, -0.25) is 19.5 Å². The van der Waals surface area contributed by atoms with Crippen molar-refractivity contribution in [1.29, 1.82) is 0 Å². The van der Waals surface area contributed by atoms with Crippen LogP contribution < -0.4 is 5.56 Å². The zero-order valence-corrected chi connectivity index (χ0v) is 18.9. The summed E-state index contributed by atoms with van der Waals surface area (Å²) >= 11 is 0. The molecule has 4 rings (SSSR count). The molecule has 1 fully saturated rings. The number of nitrogens with zero attached hydrogens (tertiary/aromatic N) is 5. The molecule has 0 saturated carbocycles. The van der Waals surface area contributed by atoms with Crippen molar-refractivity contribution in [2.45, 2.75) is 38.8 Å². The average Bonchev–Trinajstić information content (AvgIpc) is 3.31. The number of aryl methyl sites for hydroxylation is 1. The van der Waals surface area contributed by atoms with Crippen molar-refractivity contribution in [3.05, 3.63) is 81.5 Å². The first-order valence-electron chi connectivity index (χ1n) is 11.1. The fourth-order valence-corrected chi connectivity index (χ4v) is 4.24. The normalized spacial score (nSPS) is 15.9. The van der Waals surface area contributed by atoms with Crippen LogP contribution in [0.1, 0.15) is 46.1 Å². The van der Waals surface area contributed by atoms with Gasteiger partial charge in [0.15, 0.2) is 0 Å². The van der Waals surface area contributed by atoms with E-state index in [2.05, 4.69) is 15.3 Å². The first-order chi connectivity index (χ1) is 15.9. The van der Waals surface area contributed by atoms with E-state index in [1.807, 2.05) is 30.3 Å². The minimum Gasteiger partial charge on any atom is -0.340 e. The monoisotopic (exact) mass is 448 g/mol. The number of benzene rings is 1. The maximum absolute atomic E-state index is 13.1. The minimum absolute atomic E-state index is 0.0311. The molecule has 0 radical (unpaired) electrons. The number of nitrogens with one attached hydrogen (secondary N) is 1. The van der Waals surface area contributed by atoms with Crippen LogP contribution in [-0.2, 0) is 17.9 Å². The van der Waals surface area contributed by atoms with Crippen molar-refractivity contribution < 1.29 is 9.59 Å². The topological polar surface area (TPSA) is 104 Å². The van der Waals surface area contributed by atoms with Gasteiger partial charge >= 0.3 is 0 Å². The SMILES string of the molecule is Cc1ccc(=O)n(CC(=O)N2CCC[C@H](c3[nH]ncc3C(=O)N(C)Cc3ccccc3)C2)n1. The van der Waals surface area contributed by atoms with E-state index in [9.17, 15) is 14.4 Å². The van der Waals surface area contributed by atoms with E-state index in [1.54, 1.807) is 36.0 Å². The molecule has 2 amide bonds. The number of aromatic nitrogens is 4. The van der Waals surface area contributed by atoms with Crippen LogP contribution in [0.3, 0.4) is 0 Å². The summed E-state index contributed by atoms with van der Waals surface area (Å²) in [6.45, 7) is 3.26. The predicted octanol–water partition coefficient (Wildman–Crippen LogP) is 1.95. The maximum atomic E-state index is 13.1. The fraction of sp³-hybridized carbons (Fsp3) is 0.375. The van der Waals surface area contributed by atoms with Crippen LogP contribution >= 0.6 is 0 Å². The molecule has 1 aliphatic heterocycles. The van der Waals surface area contributed by atoms with E-state index >= 15 is 0 Å². The van der Waals surface area contributed by atoms with Crippen molar-refractivity contribution in [1.82, 2.24) is 29.8 Å². The number of rotatable bonds is 6. The summed E-state index contributed by atoms with van der Waals surface area (Å²) in [5, 5.41) is 11.3. The average molecular weight is 449 g/mol. The second-order valence-corrected chi connectivity index (χ2v) is 8.49. The summed E-state index contributed by atoms with van der Waals surface area (Å²) in [5.41, 5.74) is 2.71. The predicted molar refractivity (Wildman–Crippen MR) is 123 cm³/mol. The summed E-state index contributed by atoms with van der Waals surface area (Å²) in [4.78, 5) is 41.5. The third-order valence-electron chi connectivity index (χ3n) is 5.98. The Kier molecular flexibility index (Phi) is 6.67. The minimum atomic E-state index is -0.301. The van der Waals surface area contributed by atoms with Gasteiger partial charge in [-0.25, -0.2) is 4.68 Å². The number of hydrogen-bond donors (Lipinski definition) is 1. The Bertz CT molecular complexity index is 1190. The number of hydrogen-bond acceptors (Lipinski definition) is 5. The van der Waals surface area contributed by atoms with E-state index in [0.717, 1.165) is 24.1 Å². The van der Waals surface area contributed by atoms with Crippen LogP contribution in [0.5, 0.6) is 0 Å². The molecule has 0 aliphatic carbocycles. The third-order valence-corrected chi connectivity index (χ3v) is 5.98. The smallest absolute Gasteiger partial charge is 0.267 e. The van der Waals surface area contributed by atoms with Gasteiger partial charge in [-0.1, -0.05) is 30.3 Å². The number of H-pyrrole nitrogens is 1. The lowest BCUT2D eigenvalue weighted by molar-refractivity contribution is -0.133. The quantitative estimate of drug-likeness (QED) is 0.621. The van der Waals surface area contributed by atoms with E-state index in [-0.39, 0.29) is 29.8 Å². The van der Waals surface area contributed by atoms with Crippen molar-refractivity contribution >= 4 is 11.8 Å². The van der Waals surface area contributed by atoms with E-state index in [1.165, 1.54) is 10.7 Å². The number of carbonyl (C=O) groups excluding carboxylic acids is 2. The van der Waals surface area contributed by atoms with Gasteiger partial charge in [0.25, 0.3) is 11.5 Å². The summed E-state index contributed by atoms with van der Waals surface area (Å²) in [6, 6.07) is 12.9. The second-order valence-electron chi connectivity index (χ2n) is 8.49. The Morgan fingerprint density at radius 3 is 2.76 bits per heavy atom. The molecule has 1 aromatic carbocycles. The molecule has 1 atom stereocenters. The van der Waals surface area contributed by atoms with E-state index in [4.69, 9.17) is 0 Å². The Hall–Kier alpha value is -3.75. The lowest BCUT2D eigenvalue weighted by atomic mass is 9.92. The maximum Gasteiger partial charge on any atom is 0.267 e. The number of aromatic amines is 1. The number of likely N-dealkylation sites (tertiary alicyclic amines) is 1. The molecule has 0 spiro atoms. The molecule has 172 valence electrons. The van der Waals surface area contributed by atoms with Gasteiger partial charge in [0, 0.05) is 38.7 Å². The molecule has 1 N–H and O–H groups in total. The van der Waals surface area contributed by atoms with Gasteiger partial charge in [0.1, 0.15) is 6.54 Å². The van der Waals surface area contributed by atoms with Crippen LogP contribution in [-0.4, -0.2) is 61.7 Å². The highest BCUT2D eigenvalue weighted by atomic mass is 16.2. The zero-order valence-electron chi connectivity index (χ0n) is 18.9. The molecule has 3 heterocycles. The van der Waals surface area contributed by atoms with Crippen LogP contribution in [0.4, 0.5) is 0 Å². The van der Waals surface area contributed by atoms with Gasteiger partial charge in [0.2, 0.25) is 5.91 Å². The highest BCUT2D eigenvalue weighted by molar-refractivity contribution is 5.95. The molecule has 3 aromatic rings. The molecule has 0 bridgehead atoms. The molecular formula is C24H28N6O3. The zero-order chi connectivity index (χ0) is 23.4. The van der Waals surface area contributed by atoms with Crippen LogP contribution in [0.15, 0.2) is 53.5 Å². The molecule has 9 heteroatoms. The fourth-order valence-electron chi connectivity index (χ4n) is 4.24. The van der Waals surface area contributed by atoms with Crippen molar-refractivity contribution in [2.75, 3.05) is 20.1 Å². The molecule has 2 aromatic heterocycles. The van der Waals surface area contributed by atoms with E-state index in [0.29, 0.717) is 30.9 Å². The van der Waals surface area contributed by atoms with Crippen molar-refractivity contribution in [3.8, 4) is 0 Å². The molecule has 1 aliphatic rings. The van der Waals surface area contributed by atoms with Crippen LogP contribution in [0, 0.1) is 6.92 Å². The highest BCUT2D eigenvalue weighted by Crippen LogP contribution is 2.28. The standard InChI is InChI=1S/C24H28N6O3/c1-17-10-11-21(31)30(27-17)16-22(32)29-12-6-9-19(15-29)23-20(13-25-26-23)24(33)28(2)14-18-7-4-3-5-8-18/h3-5,7-8,10-11,13,19H,6,9,12,14-16H2,1-2H3,(H,25,26)/t19-/m0/s1. The highest BCUT2D eigenvalue weighted by Gasteiger charge is 2.30. The molecule has 0 unspecified atom stereocenters. The van der Waals surface area contributed by atoms with Gasteiger partial charge < -0.3 is 9.80 Å². The molecule has 9 nitrogen and oxygen atoms in total. The Labute approximate surface area is 192 Å². The summed E-state index contributed by atoms with van der Waals surface area (Å²) in [7, 11) is 1.77. The van der Waals surface area contributed by atoms with Crippen LogP contribution in [0.2, 0.25) is 0 Å². The lowest BCUT2D eigenvalue weighted by Gasteiger charge is -2.33. The van der Waals surface area contributed by atoms with Crippen LogP contribution in [0.25, 0.3) is 0 Å². The van der Waals surface area contributed by atoms with E-state index < -0.39 is 0 Å². The van der Waals surface area contributed by atoms with Gasteiger partial charge in [0.05, 0.1) is 23.1 Å². The van der Waals surface area contributed by atoms with Crippen molar-refractivity contribution in [3.63, 3.8) is 0 Å². The first kappa shape index (κ1) is 22.4. The Balaban J connectivity index is 1.45. The number of piperidine rings is 1. The summed E-state index contributed by atoms with van der Waals surface area (Å²) in [6.07, 6.45) is 3.21. The Morgan fingerprint density at radius 1 is 1.18 bits per heavy atom. The third kappa shape index (κ3) is 5.19. The summed E-state index contributed by atoms with van der Waals surface area (Å²) in [5.74, 6) is -0.300. The second kappa shape index (κ2) is 9.81. The molecular weight excluding hydrogens is 420 g/mol. The number of carbonyl (C=O) groups is 2. The molecule has 33 heavy (non-hydrogen) atoms. The number of amides is 2. The summed E-state index contributed by atoms with van der Waals surface area (Å²) < 4.78 is 1.20. The molecule has 1 saturated heterocycles. The largest absolute Gasteiger partial charge is 0.340 e. The van der Waals surface area contributed by atoms with Crippen molar-refractivity contribution in [2.24, 2.45) is 0 Å². The Morgan fingerprint density at radius 2 is 1.97 bits per heavy atom. The first-order valence-corrected chi connectivity index (χ1v) is 11.1. The van der Waals surface area contributed by atoms with Gasteiger partial charge in [-0.2, -0.15) is 10.2 Å².